The minimum absolute atomic E-state index is 0.562. The standard InChI is InChI=1S/C21H24N2/c1-15-12-13-20-18(14-15)22-21(17-9-4-3-5-10-17)23(20)19-11-7-6-8-16(19)2/h3-5,9-10,12-14,16,19H,6-8,11H2,1-2H3/t16-,19?/m0/s1. The summed E-state index contributed by atoms with van der Waals surface area (Å²) in [7, 11) is 0. The Bertz CT molecular complexity index is 816. The Morgan fingerprint density at radius 2 is 1.78 bits per heavy atom. The number of imidazole rings is 1. The van der Waals surface area contributed by atoms with Crippen molar-refractivity contribution >= 4 is 11.0 Å². The van der Waals surface area contributed by atoms with E-state index in [0.29, 0.717) is 12.0 Å². The molecule has 2 atom stereocenters. The van der Waals surface area contributed by atoms with Crippen molar-refractivity contribution < 1.29 is 0 Å². The van der Waals surface area contributed by atoms with Gasteiger partial charge in [-0.25, -0.2) is 4.98 Å². The molecule has 2 nitrogen and oxygen atoms in total. The molecule has 23 heavy (non-hydrogen) atoms. The fourth-order valence-corrected chi connectivity index (χ4v) is 4.02. The van der Waals surface area contributed by atoms with Crippen molar-refractivity contribution in [2.24, 2.45) is 5.92 Å². The molecule has 4 rings (SSSR count). The van der Waals surface area contributed by atoms with E-state index in [1.807, 2.05) is 0 Å². The summed E-state index contributed by atoms with van der Waals surface area (Å²) in [6.07, 6.45) is 5.28. The summed E-state index contributed by atoms with van der Waals surface area (Å²) in [6.45, 7) is 4.54. The molecular weight excluding hydrogens is 280 g/mol. The fraction of sp³-hybridized carbons (Fsp3) is 0.381. The Labute approximate surface area is 138 Å². The largest absolute Gasteiger partial charge is 0.321 e. The Morgan fingerprint density at radius 3 is 2.57 bits per heavy atom. The fourth-order valence-electron chi connectivity index (χ4n) is 4.02. The van der Waals surface area contributed by atoms with Gasteiger partial charge in [0.1, 0.15) is 5.82 Å². The first-order valence-corrected chi connectivity index (χ1v) is 8.78. The van der Waals surface area contributed by atoms with Gasteiger partial charge in [0.05, 0.1) is 11.0 Å². The zero-order chi connectivity index (χ0) is 15.8. The first-order valence-electron chi connectivity index (χ1n) is 8.78. The highest BCUT2D eigenvalue weighted by Crippen LogP contribution is 2.39. The number of hydrogen-bond donors (Lipinski definition) is 0. The molecule has 1 aromatic heterocycles. The Hall–Kier alpha value is -2.09. The van der Waals surface area contributed by atoms with Crippen molar-refractivity contribution in [1.82, 2.24) is 9.55 Å². The number of benzene rings is 2. The molecule has 2 heteroatoms. The molecule has 0 amide bonds. The summed E-state index contributed by atoms with van der Waals surface area (Å²) in [6, 6.07) is 17.9. The number of rotatable bonds is 2. The Morgan fingerprint density at radius 1 is 1.00 bits per heavy atom. The third-order valence-electron chi connectivity index (χ3n) is 5.27. The van der Waals surface area contributed by atoms with Gasteiger partial charge in [-0.3, -0.25) is 0 Å². The predicted molar refractivity (Wildman–Crippen MR) is 96.6 cm³/mol. The van der Waals surface area contributed by atoms with Crippen LogP contribution in [0.1, 0.15) is 44.2 Å². The molecular formula is C21H24N2. The highest BCUT2D eigenvalue weighted by atomic mass is 15.1. The maximum Gasteiger partial charge on any atom is 0.141 e. The molecule has 1 fully saturated rings. The lowest BCUT2D eigenvalue weighted by molar-refractivity contribution is 0.264. The second kappa shape index (κ2) is 5.84. The molecule has 0 aliphatic heterocycles. The molecule has 1 aliphatic rings. The van der Waals surface area contributed by atoms with Crippen molar-refractivity contribution in [3.63, 3.8) is 0 Å². The second-order valence-corrected chi connectivity index (χ2v) is 6.99. The highest BCUT2D eigenvalue weighted by Gasteiger charge is 2.27. The predicted octanol–water partition coefficient (Wildman–Crippen LogP) is 5.76. The molecule has 1 saturated carbocycles. The van der Waals surface area contributed by atoms with Crippen molar-refractivity contribution in [2.75, 3.05) is 0 Å². The van der Waals surface area contributed by atoms with Crippen molar-refractivity contribution in [3.05, 3.63) is 54.1 Å². The Kier molecular flexibility index (Phi) is 3.68. The van der Waals surface area contributed by atoms with Crippen LogP contribution in [0.3, 0.4) is 0 Å². The van der Waals surface area contributed by atoms with Gasteiger partial charge >= 0.3 is 0 Å². The summed E-state index contributed by atoms with van der Waals surface area (Å²) < 4.78 is 2.52. The Balaban J connectivity index is 1.95. The zero-order valence-electron chi connectivity index (χ0n) is 14.0. The van der Waals surface area contributed by atoms with Gasteiger partial charge in [0.25, 0.3) is 0 Å². The van der Waals surface area contributed by atoms with Gasteiger partial charge in [-0.15, -0.1) is 0 Å². The van der Waals surface area contributed by atoms with Gasteiger partial charge in [0.2, 0.25) is 0 Å². The van der Waals surface area contributed by atoms with Gasteiger partial charge in [0, 0.05) is 11.6 Å². The van der Waals surface area contributed by atoms with Crippen LogP contribution in [-0.2, 0) is 0 Å². The average Bonchev–Trinajstić information content (AvgIpc) is 2.94. The van der Waals surface area contributed by atoms with Gasteiger partial charge < -0.3 is 4.57 Å². The van der Waals surface area contributed by atoms with Crippen LogP contribution in [0.5, 0.6) is 0 Å². The lowest BCUT2D eigenvalue weighted by atomic mass is 9.85. The quantitative estimate of drug-likeness (QED) is 0.588. The lowest BCUT2D eigenvalue weighted by Gasteiger charge is -2.31. The first-order chi connectivity index (χ1) is 11.2. The number of nitrogens with zero attached hydrogens (tertiary/aromatic N) is 2. The van der Waals surface area contributed by atoms with Crippen LogP contribution >= 0.6 is 0 Å². The first kappa shape index (κ1) is 14.5. The summed E-state index contributed by atoms with van der Waals surface area (Å²) in [5.41, 5.74) is 4.91. The van der Waals surface area contributed by atoms with Crippen LogP contribution < -0.4 is 0 Å². The van der Waals surface area contributed by atoms with E-state index in [4.69, 9.17) is 4.98 Å². The molecule has 1 heterocycles. The van der Waals surface area contributed by atoms with E-state index in [9.17, 15) is 0 Å². The highest BCUT2D eigenvalue weighted by molar-refractivity contribution is 5.81. The summed E-state index contributed by atoms with van der Waals surface area (Å²) >= 11 is 0. The molecule has 118 valence electrons. The van der Waals surface area contributed by atoms with E-state index >= 15 is 0 Å². The molecule has 0 radical (unpaired) electrons. The number of hydrogen-bond acceptors (Lipinski definition) is 1. The SMILES string of the molecule is Cc1ccc2c(c1)nc(-c1ccccc1)n2C1CCCC[C@@H]1C. The molecule has 1 aliphatic carbocycles. The van der Waals surface area contributed by atoms with Crippen molar-refractivity contribution in [3.8, 4) is 11.4 Å². The van der Waals surface area contributed by atoms with Gasteiger partial charge in [-0.05, 0) is 43.4 Å². The van der Waals surface area contributed by atoms with E-state index < -0.39 is 0 Å². The molecule has 2 aromatic carbocycles. The average molecular weight is 304 g/mol. The third-order valence-corrected chi connectivity index (χ3v) is 5.27. The van der Waals surface area contributed by atoms with Gasteiger partial charge in [-0.2, -0.15) is 0 Å². The van der Waals surface area contributed by atoms with Gasteiger partial charge in [-0.1, -0.05) is 56.2 Å². The minimum atomic E-state index is 0.562. The van der Waals surface area contributed by atoms with Crippen LogP contribution in [0, 0.1) is 12.8 Å². The maximum atomic E-state index is 5.02. The number of fused-ring (bicyclic) bond motifs is 1. The lowest BCUT2D eigenvalue weighted by Crippen LogP contribution is -2.21. The van der Waals surface area contributed by atoms with Crippen LogP contribution in [-0.4, -0.2) is 9.55 Å². The van der Waals surface area contributed by atoms with Crippen molar-refractivity contribution in [2.45, 2.75) is 45.6 Å². The molecule has 1 unspecified atom stereocenters. The summed E-state index contributed by atoms with van der Waals surface area (Å²) in [5.74, 6) is 1.84. The molecule has 0 bridgehead atoms. The maximum absolute atomic E-state index is 5.02. The normalized spacial score (nSPS) is 21.7. The van der Waals surface area contributed by atoms with E-state index in [1.165, 1.54) is 42.3 Å². The molecule has 0 saturated heterocycles. The third kappa shape index (κ3) is 2.56. The summed E-state index contributed by atoms with van der Waals surface area (Å²) in [5, 5.41) is 0. The van der Waals surface area contributed by atoms with Crippen LogP contribution in [0.4, 0.5) is 0 Å². The topological polar surface area (TPSA) is 17.8 Å². The summed E-state index contributed by atoms with van der Waals surface area (Å²) in [4.78, 5) is 5.02. The van der Waals surface area contributed by atoms with E-state index in [-0.39, 0.29) is 0 Å². The second-order valence-electron chi connectivity index (χ2n) is 6.99. The van der Waals surface area contributed by atoms with E-state index in [0.717, 1.165) is 11.3 Å². The molecule has 0 spiro atoms. The van der Waals surface area contributed by atoms with E-state index in [2.05, 4.69) is 66.9 Å². The number of aromatic nitrogens is 2. The minimum Gasteiger partial charge on any atom is -0.321 e. The van der Waals surface area contributed by atoms with Crippen molar-refractivity contribution in [1.29, 1.82) is 0 Å². The number of aryl methyl sites for hydroxylation is 1. The molecule has 3 aromatic rings. The van der Waals surface area contributed by atoms with Crippen LogP contribution in [0.15, 0.2) is 48.5 Å². The smallest absolute Gasteiger partial charge is 0.141 e. The van der Waals surface area contributed by atoms with Gasteiger partial charge in [0.15, 0.2) is 0 Å². The van der Waals surface area contributed by atoms with Crippen LogP contribution in [0.2, 0.25) is 0 Å². The monoisotopic (exact) mass is 304 g/mol. The molecule has 0 N–H and O–H groups in total. The zero-order valence-corrected chi connectivity index (χ0v) is 14.0. The van der Waals surface area contributed by atoms with Crippen LogP contribution in [0.25, 0.3) is 22.4 Å². The van der Waals surface area contributed by atoms with E-state index in [1.54, 1.807) is 0 Å².